The second-order valence-electron chi connectivity index (χ2n) is 5.53. The number of aliphatic hydroxyl groups is 1. The van der Waals surface area contributed by atoms with Crippen molar-refractivity contribution in [1.29, 1.82) is 0 Å². The molecule has 1 aliphatic carbocycles. The van der Waals surface area contributed by atoms with Crippen LogP contribution in [-0.2, 0) is 0 Å². The van der Waals surface area contributed by atoms with Crippen LogP contribution in [0.3, 0.4) is 0 Å². The van der Waals surface area contributed by atoms with Crippen molar-refractivity contribution in [3.63, 3.8) is 0 Å². The number of hydrogen-bond acceptors (Lipinski definition) is 3. The molecule has 3 nitrogen and oxygen atoms in total. The van der Waals surface area contributed by atoms with Crippen LogP contribution in [-0.4, -0.2) is 24.8 Å². The van der Waals surface area contributed by atoms with Crippen LogP contribution in [0.1, 0.15) is 19.3 Å². The normalized spacial score (nSPS) is 26.2. The predicted molar refractivity (Wildman–Crippen MR) is 69.9 cm³/mol. The van der Waals surface area contributed by atoms with Crippen molar-refractivity contribution in [2.24, 2.45) is 11.3 Å². The number of benzene rings is 1. The van der Waals surface area contributed by atoms with Crippen molar-refractivity contribution in [3.05, 3.63) is 24.3 Å². The topological polar surface area (TPSA) is 49.5 Å². The molecule has 2 aliphatic rings. The molecule has 0 bridgehead atoms. The molecule has 3 rings (SSSR count). The summed E-state index contributed by atoms with van der Waals surface area (Å²) >= 11 is 0. The molecule has 1 aliphatic heterocycles. The molecule has 1 aromatic rings. The predicted octanol–water partition coefficient (Wildman–Crippen LogP) is 1.87. The molecule has 1 aromatic carbocycles. The standard InChI is InChI=1S/C14H20N2O/c15-12-4-1-2-5-13(12)16-8-11(9-17)14(10-16)6-3-7-14/h1-2,4-5,11,17H,3,6-10,15H2. The smallest absolute Gasteiger partial charge is 0.0600 e. The summed E-state index contributed by atoms with van der Waals surface area (Å²) in [5.74, 6) is 0.427. The number of anilines is 2. The van der Waals surface area contributed by atoms with E-state index in [0.29, 0.717) is 17.9 Å². The first-order valence-corrected chi connectivity index (χ1v) is 6.45. The first kappa shape index (κ1) is 10.9. The molecule has 2 fully saturated rings. The van der Waals surface area contributed by atoms with Crippen molar-refractivity contribution >= 4 is 11.4 Å². The Bertz CT molecular complexity index is 414. The number of rotatable bonds is 2. The minimum absolute atomic E-state index is 0.309. The minimum Gasteiger partial charge on any atom is -0.397 e. The minimum atomic E-state index is 0.309. The van der Waals surface area contributed by atoms with Crippen LogP contribution in [0.5, 0.6) is 0 Å². The molecule has 92 valence electrons. The number of para-hydroxylation sites is 2. The van der Waals surface area contributed by atoms with Gasteiger partial charge in [-0.15, -0.1) is 0 Å². The number of aliphatic hydroxyl groups excluding tert-OH is 1. The van der Waals surface area contributed by atoms with Crippen LogP contribution in [0.25, 0.3) is 0 Å². The largest absolute Gasteiger partial charge is 0.397 e. The molecule has 1 unspecified atom stereocenters. The highest BCUT2D eigenvalue weighted by atomic mass is 16.3. The third-order valence-electron chi connectivity index (χ3n) is 4.66. The molecule has 0 aromatic heterocycles. The van der Waals surface area contributed by atoms with E-state index >= 15 is 0 Å². The van der Waals surface area contributed by atoms with Gasteiger partial charge < -0.3 is 15.7 Å². The lowest BCUT2D eigenvalue weighted by atomic mass is 9.63. The van der Waals surface area contributed by atoms with Gasteiger partial charge in [-0.05, 0) is 30.4 Å². The van der Waals surface area contributed by atoms with Gasteiger partial charge in [0.25, 0.3) is 0 Å². The fraction of sp³-hybridized carbons (Fsp3) is 0.571. The Labute approximate surface area is 102 Å². The maximum absolute atomic E-state index is 9.54. The third kappa shape index (κ3) is 1.61. The number of hydrogen-bond donors (Lipinski definition) is 2. The van der Waals surface area contributed by atoms with Gasteiger partial charge in [0.15, 0.2) is 0 Å². The highest BCUT2D eigenvalue weighted by Crippen LogP contribution is 2.52. The summed E-state index contributed by atoms with van der Waals surface area (Å²) in [6.45, 7) is 2.32. The molecule has 17 heavy (non-hydrogen) atoms. The second-order valence-corrected chi connectivity index (χ2v) is 5.53. The molecule has 0 radical (unpaired) electrons. The molecule has 1 heterocycles. The third-order valence-corrected chi connectivity index (χ3v) is 4.66. The number of nitrogens with two attached hydrogens (primary N) is 1. The van der Waals surface area contributed by atoms with Crippen LogP contribution in [0.2, 0.25) is 0 Å². The summed E-state index contributed by atoms with van der Waals surface area (Å²) in [5.41, 5.74) is 8.38. The zero-order chi connectivity index (χ0) is 11.9. The summed E-state index contributed by atoms with van der Waals surface area (Å²) in [4.78, 5) is 2.36. The van der Waals surface area contributed by atoms with E-state index in [-0.39, 0.29) is 0 Å². The maximum Gasteiger partial charge on any atom is 0.0600 e. The highest BCUT2D eigenvalue weighted by Gasteiger charge is 2.50. The first-order valence-electron chi connectivity index (χ1n) is 6.45. The van der Waals surface area contributed by atoms with E-state index in [1.807, 2.05) is 18.2 Å². The Kier molecular flexibility index (Phi) is 2.51. The highest BCUT2D eigenvalue weighted by molar-refractivity contribution is 5.68. The van der Waals surface area contributed by atoms with Gasteiger partial charge in [0, 0.05) is 25.6 Å². The summed E-state index contributed by atoms with van der Waals surface area (Å²) < 4.78 is 0. The van der Waals surface area contributed by atoms with Crippen LogP contribution in [0, 0.1) is 11.3 Å². The van der Waals surface area contributed by atoms with E-state index in [9.17, 15) is 5.11 Å². The maximum atomic E-state index is 9.54. The quantitative estimate of drug-likeness (QED) is 0.765. The van der Waals surface area contributed by atoms with E-state index < -0.39 is 0 Å². The molecule has 1 atom stereocenters. The van der Waals surface area contributed by atoms with Crippen LogP contribution in [0.4, 0.5) is 11.4 Å². The summed E-state index contributed by atoms with van der Waals surface area (Å²) in [6, 6.07) is 8.04. The van der Waals surface area contributed by atoms with Crippen LogP contribution in [0.15, 0.2) is 24.3 Å². The first-order chi connectivity index (χ1) is 8.25. The molecule has 1 saturated carbocycles. The molecule has 3 N–H and O–H groups in total. The zero-order valence-corrected chi connectivity index (χ0v) is 10.1. The van der Waals surface area contributed by atoms with E-state index in [0.717, 1.165) is 24.5 Å². The van der Waals surface area contributed by atoms with Gasteiger partial charge in [0.2, 0.25) is 0 Å². The van der Waals surface area contributed by atoms with Gasteiger partial charge in [0.1, 0.15) is 0 Å². The Hall–Kier alpha value is -1.22. The Morgan fingerprint density at radius 2 is 2.12 bits per heavy atom. The van der Waals surface area contributed by atoms with Gasteiger partial charge in [-0.25, -0.2) is 0 Å². The van der Waals surface area contributed by atoms with E-state index in [2.05, 4.69) is 11.0 Å². The van der Waals surface area contributed by atoms with Crippen molar-refractivity contribution in [2.45, 2.75) is 19.3 Å². The lowest BCUT2D eigenvalue weighted by Crippen LogP contribution is -2.38. The Morgan fingerprint density at radius 1 is 1.35 bits per heavy atom. The Morgan fingerprint density at radius 3 is 2.65 bits per heavy atom. The van der Waals surface area contributed by atoms with Crippen molar-refractivity contribution in [3.8, 4) is 0 Å². The van der Waals surface area contributed by atoms with Gasteiger partial charge >= 0.3 is 0 Å². The Balaban J connectivity index is 1.85. The van der Waals surface area contributed by atoms with Gasteiger partial charge in [-0.3, -0.25) is 0 Å². The fourth-order valence-electron chi connectivity index (χ4n) is 3.44. The summed E-state index contributed by atoms with van der Waals surface area (Å²) in [6.07, 6.45) is 3.84. The van der Waals surface area contributed by atoms with E-state index in [1.165, 1.54) is 19.3 Å². The van der Waals surface area contributed by atoms with Gasteiger partial charge in [-0.1, -0.05) is 18.6 Å². The molecular formula is C14H20N2O. The molecular weight excluding hydrogens is 212 g/mol. The molecule has 0 amide bonds. The second kappa shape index (κ2) is 3.91. The lowest BCUT2D eigenvalue weighted by molar-refractivity contribution is 0.0571. The van der Waals surface area contributed by atoms with Crippen molar-refractivity contribution in [2.75, 3.05) is 30.3 Å². The fourth-order valence-corrected chi connectivity index (χ4v) is 3.44. The van der Waals surface area contributed by atoms with E-state index in [4.69, 9.17) is 5.73 Å². The average Bonchev–Trinajstić information content (AvgIpc) is 2.69. The van der Waals surface area contributed by atoms with Crippen molar-refractivity contribution in [1.82, 2.24) is 0 Å². The SMILES string of the molecule is Nc1ccccc1N1CC(CO)C2(CCC2)C1. The van der Waals surface area contributed by atoms with E-state index in [1.54, 1.807) is 0 Å². The van der Waals surface area contributed by atoms with Crippen LogP contribution < -0.4 is 10.6 Å². The molecule has 3 heteroatoms. The molecule has 1 saturated heterocycles. The average molecular weight is 232 g/mol. The lowest BCUT2D eigenvalue weighted by Gasteiger charge is -2.42. The number of nitrogen functional groups attached to an aromatic ring is 1. The number of nitrogens with zero attached hydrogens (tertiary/aromatic N) is 1. The summed E-state index contributed by atoms with van der Waals surface area (Å²) in [7, 11) is 0. The summed E-state index contributed by atoms with van der Waals surface area (Å²) in [5, 5.41) is 9.54. The van der Waals surface area contributed by atoms with Crippen LogP contribution >= 0.6 is 0 Å². The van der Waals surface area contributed by atoms with Gasteiger partial charge in [-0.2, -0.15) is 0 Å². The zero-order valence-electron chi connectivity index (χ0n) is 10.1. The monoisotopic (exact) mass is 232 g/mol. The van der Waals surface area contributed by atoms with Crippen molar-refractivity contribution < 1.29 is 5.11 Å². The molecule has 1 spiro atoms. The van der Waals surface area contributed by atoms with Gasteiger partial charge in [0.05, 0.1) is 11.4 Å².